The maximum absolute atomic E-state index is 13.8. The van der Waals surface area contributed by atoms with Crippen LogP contribution in [0.25, 0.3) is 22.0 Å². The second-order valence-corrected chi connectivity index (χ2v) is 13.3. The molecule has 47 heavy (non-hydrogen) atoms. The molecule has 3 amide bonds. The lowest BCUT2D eigenvalue weighted by molar-refractivity contribution is 0.150. The SMILES string of the molecule is CCCCCOC(=O)NS(=O)(=O)c1ccccc1-c1ccc(Cn2c(CCCC)nc3ccc(NC(=O)NC(C)C)cc3c2=O)cc1. The molecule has 12 heteroatoms. The standard InChI is InChI=1S/C35H43N5O6S/c1-5-7-11-21-46-35(43)39-47(44,45)31-13-10-9-12-28(31)26-17-15-25(16-18-26)23-40-32(14-8-6-2)38-30-20-19-27(22-29(30)33(40)41)37-34(42)36-24(3)4/h9-10,12-13,15-20,22,24H,5-8,11,14,21,23H2,1-4H3,(H,39,43)(H2,36,37,42). The number of fused-ring (bicyclic) bond motifs is 1. The zero-order chi connectivity index (χ0) is 34.0. The average Bonchev–Trinajstić information content (AvgIpc) is 3.03. The Hall–Kier alpha value is -4.71. The van der Waals surface area contributed by atoms with Crippen LogP contribution in [0.15, 0.2) is 76.4 Å². The van der Waals surface area contributed by atoms with Crippen molar-refractivity contribution in [1.82, 2.24) is 19.6 Å². The molecule has 0 aliphatic rings. The van der Waals surface area contributed by atoms with Gasteiger partial charge in [0.1, 0.15) is 5.82 Å². The van der Waals surface area contributed by atoms with Gasteiger partial charge < -0.3 is 15.4 Å². The summed E-state index contributed by atoms with van der Waals surface area (Å²) in [5, 5.41) is 5.93. The smallest absolute Gasteiger partial charge is 0.421 e. The molecule has 250 valence electrons. The predicted molar refractivity (Wildman–Crippen MR) is 184 cm³/mol. The Balaban J connectivity index is 1.61. The van der Waals surface area contributed by atoms with Gasteiger partial charge >= 0.3 is 12.1 Å². The third-order valence-corrected chi connectivity index (χ3v) is 8.82. The van der Waals surface area contributed by atoms with Crippen LogP contribution in [0.4, 0.5) is 15.3 Å². The summed E-state index contributed by atoms with van der Waals surface area (Å²) in [6.45, 7) is 8.21. The Labute approximate surface area is 275 Å². The van der Waals surface area contributed by atoms with Crippen molar-refractivity contribution in [2.75, 3.05) is 11.9 Å². The first-order valence-electron chi connectivity index (χ1n) is 16.0. The van der Waals surface area contributed by atoms with Crippen molar-refractivity contribution >= 4 is 38.7 Å². The molecule has 0 unspecified atom stereocenters. The number of hydrogen-bond donors (Lipinski definition) is 3. The zero-order valence-corrected chi connectivity index (χ0v) is 28.2. The fourth-order valence-electron chi connectivity index (χ4n) is 5.09. The number of anilines is 1. The van der Waals surface area contributed by atoms with Crippen molar-refractivity contribution in [3.8, 4) is 11.1 Å². The summed E-state index contributed by atoms with van der Waals surface area (Å²) in [5.41, 5.74) is 2.67. The van der Waals surface area contributed by atoms with E-state index in [1.807, 2.05) is 37.6 Å². The average molecular weight is 662 g/mol. The minimum Gasteiger partial charge on any atom is -0.449 e. The Kier molecular flexibility index (Phi) is 12.1. The fraction of sp³-hybridized carbons (Fsp3) is 0.371. The molecule has 0 saturated heterocycles. The van der Waals surface area contributed by atoms with Gasteiger partial charge in [0.05, 0.1) is 29.0 Å². The van der Waals surface area contributed by atoms with Crippen molar-refractivity contribution in [1.29, 1.82) is 0 Å². The van der Waals surface area contributed by atoms with E-state index in [9.17, 15) is 22.8 Å². The van der Waals surface area contributed by atoms with E-state index in [0.717, 1.165) is 31.2 Å². The molecule has 1 heterocycles. The fourth-order valence-corrected chi connectivity index (χ4v) is 6.21. The third kappa shape index (κ3) is 9.41. The Bertz CT molecular complexity index is 1870. The molecule has 11 nitrogen and oxygen atoms in total. The van der Waals surface area contributed by atoms with Gasteiger partial charge in [0.25, 0.3) is 15.6 Å². The first-order chi connectivity index (χ1) is 22.5. The minimum absolute atomic E-state index is 0.0414. The maximum atomic E-state index is 13.8. The number of nitrogens with one attached hydrogen (secondary N) is 3. The molecule has 0 atom stereocenters. The zero-order valence-electron chi connectivity index (χ0n) is 27.3. The van der Waals surface area contributed by atoms with Crippen molar-refractivity contribution < 1.29 is 22.7 Å². The normalized spacial score (nSPS) is 11.4. The van der Waals surface area contributed by atoms with E-state index in [2.05, 4.69) is 17.6 Å². The van der Waals surface area contributed by atoms with E-state index >= 15 is 0 Å². The van der Waals surface area contributed by atoms with E-state index in [1.165, 1.54) is 6.07 Å². The number of carbonyl (C=O) groups excluding carboxylic acids is 2. The molecular formula is C35H43N5O6S. The lowest BCUT2D eigenvalue weighted by Gasteiger charge is -2.15. The molecule has 0 spiro atoms. The van der Waals surface area contributed by atoms with Crippen LogP contribution in [0.5, 0.6) is 0 Å². The second kappa shape index (κ2) is 16.2. The number of benzene rings is 3. The Morgan fingerprint density at radius 1 is 0.936 bits per heavy atom. The maximum Gasteiger partial charge on any atom is 0.421 e. The number of aromatic nitrogens is 2. The molecule has 4 rings (SSSR count). The lowest BCUT2D eigenvalue weighted by Crippen LogP contribution is -2.34. The first-order valence-corrected chi connectivity index (χ1v) is 17.5. The van der Waals surface area contributed by atoms with Crippen LogP contribution in [-0.2, 0) is 27.7 Å². The highest BCUT2D eigenvalue weighted by Crippen LogP contribution is 2.28. The van der Waals surface area contributed by atoms with Crippen LogP contribution in [-0.4, -0.2) is 42.7 Å². The largest absolute Gasteiger partial charge is 0.449 e. The highest BCUT2D eigenvalue weighted by molar-refractivity contribution is 7.90. The first kappa shape index (κ1) is 35.1. The number of nitrogens with zero attached hydrogens (tertiary/aromatic N) is 2. The summed E-state index contributed by atoms with van der Waals surface area (Å²) in [6.07, 6.45) is 3.88. The molecule has 1 aromatic heterocycles. The van der Waals surface area contributed by atoms with Crippen LogP contribution >= 0.6 is 0 Å². The summed E-state index contributed by atoms with van der Waals surface area (Å²) in [6, 6.07) is 18.4. The molecule has 3 N–H and O–H groups in total. The molecule has 3 aromatic carbocycles. The van der Waals surface area contributed by atoms with Gasteiger partial charge in [-0.15, -0.1) is 0 Å². The second-order valence-electron chi connectivity index (χ2n) is 11.6. The molecule has 4 aromatic rings. The number of ether oxygens (including phenoxy) is 1. The van der Waals surface area contributed by atoms with Gasteiger partial charge in [-0.25, -0.2) is 27.7 Å². The molecule has 0 aliphatic carbocycles. The quantitative estimate of drug-likeness (QED) is 0.129. The summed E-state index contributed by atoms with van der Waals surface area (Å²) >= 11 is 0. The van der Waals surface area contributed by atoms with Crippen LogP contribution in [0, 0.1) is 0 Å². The number of urea groups is 1. The van der Waals surface area contributed by atoms with Gasteiger partial charge in [0, 0.05) is 23.7 Å². The van der Waals surface area contributed by atoms with E-state index in [1.54, 1.807) is 53.1 Å². The van der Waals surface area contributed by atoms with Gasteiger partial charge in [0.15, 0.2) is 0 Å². The summed E-state index contributed by atoms with van der Waals surface area (Å²) in [7, 11) is -4.21. The molecular weight excluding hydrogens is 618 g/mol. The van der Waals surface area contributed by atoms with Crippen molar-refractivity contribution in [3.63, 3.8) is 0 Å². The predicted octanol–water partition coefficient (Wildman–Crippen LogP) is 6.59. The van der Waals surface area contributed by atoms with Crippen LogP contribution < -0.4 is 20.9 Å². The van der Waals surface area contributed by atoms with Crippen molar-refractivity contribution in [2.45, 2.75) is 83.7 Å². The van der Waals surface area contributed by atoms with Gasteiger partial charge in [-0.1, -0.05) is 75.6 Å². The molecule has 0 radical (unpaired) electrons. The van der Waals surface area contributed by atoms with Gasteiger partial charge in [-0.2, -0.15) is 0 Å². The number of sulfonamides is 1. The third-order valence-electron chi connectivity index (χ3n) is 7.45. The van der Waals surface area contributed by atoms with Crippen LogP contribution in [0.1, 0.15) is 71.2 Å². The summed E-state index contributed by atoms with van der Waals surface area (Å²) < 4.78 is 35.0. The highest BCUT2D eigenvalue weighted by Gasteiger charge is 2.22. The van der Waals surface area contributed by atoms with E-state index in [0.29, 0.717) is 46.4 Å². The molecule has 0 aliphatic heterocycles. The Morgan fingerprint density at radius 3 is 2.36 bits per heavy atom. The molecule has 0 saturated carbocycles. The van der Waals surface area contributed by atoms with Gasteiger partial charge in [-0.3, -0.25) is 9.36 Å². The topological polar surface area (TPSA) is 148 Å². The van der Waals surface area contributed by atoms with Gasteiger partial charge in [-0.05, 0) is 62.1 Å². The van der Waals surface area contributed by atoms with Crippen molar-refractivity contribution in [2.24, 2.45) is 0 Å². The number of amides is 3. The lowest BCUT2D eigenvalue weighted by atomic mass is 10.0. The number of hydrogen-bond acceptors (Lipinski definition) is 7. The monoisotopic (exact) mass is 661 g/mol. The summed E-state index contributed by atoms with van der Waals surface area (Å²) in [4.78, 5) is 43.1. The van der Waals surface area contributed by atoms with Gasteiger partial charge in [0.2, 0.25) is 0 Å². The number of unbranched alkanes of at least 4 members (excludes halogenated alkanes) is 3. The van der Waals surface area contributed by atoms with Crippen molar-refractivity contribution in [3.05, 3.63) is 88.5 Å². The van der Waals surface area contributed by atoms with E-state index in [-0.39, 0.29) is 35.7 Å². The van der Waals surface area contributed by atoms with Crippen LogP contribution in [0.3, 0.4) is 0 Å². The van der Waals surface area contributed by atoms with Crippen LogP contribution in [0.2, 0.25) is 0 Å². The number of carbonyl (C=O) groups is 2. The summed E-state index contributed by atoms with van der Waals surface area (Å²) in [5.74, 6) is 0.663. The molecule has 0 bridgehead atoms. The minimum atomic E-state index is -4.21. The highest BCUT2D eigenvalue weighted by atomic mass is 32.2. The number of aryl methyl sites for hydroxylation is 1. The molecule has 0 fully saturated rings. The Morgan fingerprint density at radius 2 is 1.66 bits per heavy atom. The number of rotatable bonds is 14. The van der Waals surface area contributed by atoms with E-state index < -0.39 is 16.1 Å². The van der Waals surface area contributed by atoms with E-state index in [4.69, 9.17) is 9.72 Å².